The number of anilines is 3. The Balaban J connectivity index is 1.14. The van der Waals surface area contributed by atoms with E-state index in [1.807, 2.05) is 71.6 Å². The lowest BCUT2D eigenvalue weighted by atomic mass is 9.82. The van der Waals surface area contributed by atoms with Crippen LogP contribution in [0.1, 0.15) is 42.9 Å². The van der Waals surface area contributed by atoms with E-state index in [0.29, 0.717) is 43.7 Å². The highest BCUT2D eigenvalue weighted by Gasteiger charge is 2.67. The maximum Gasteiger partial charge on any atom is 0.264 e. The van der Waals surface area contributed by atoms with E-state index < -0.39 is 25.3 Å². The number of aliphatic hydroxyl groups excluding tert-OH is 1. The standard InChI is InChI=1S/C49H57N5O6Si/c1-6-26-51-42-21-16-37(53-32-54(36-14-8-7-9-15-36)48(46(53)57)22-24-50-25-23-48)28-41(42)49(47(51)58)33(2)45(61(4,5)40-19-17-39(59-3)18-20-40)43(60-49)29-44(56)52-30-35-13-11-10-12-34(35)27-38(52)31-55/h6-21,28,33,38,43,45,50,55H,1,22-27,29-32H2,2-5H3/t33-,38+,43+,45-,49+/m1/s1. The summed E-state index contributed by atoms with van der Waals surface area (Å²) in [7, 11) is -0.930. The van der Waals surface area contributed by atoms with Crippen LogP contribution in [0.25, 0.3) is 0 Å². The van der Waals surface area contributed by atoms with Crippen molar-refractivity contribution >= 4 is 48.0 Å². The summed E-state index contributed by atoms with van der Waals surface area (Å²) < 4.78 is 12.9. The maximum atomic E-state index is 15.4. The van der Waals surface area contributed by atoms with E-state index in [4.69, 9.17) is 9.47 Å². The van der Waals surface area contributed by atoms with Gasteiger partial charge in [-0.05, 0) is 91.5 Å². The van der Waals surface area contributed by atoms with Gasteiger partial charge in [-0.2, -0.15) is 0 Å². The average molecular weight is 840 g/mol. The molecule has 61 heavy (non-hydrogen) atoms. The Hall–Kier alpha value is -5.27. The third-order valence-electron chi connectivity index (χ3n) is 14.6. The minimum absolute atomic E-state index is 0.0513. The monoisotopic (exact) mass is 839 g/mol. The van der Waals surface area contributed by atoms with Crippen molar-refractivity contribution in [3.05, 3.63) is 126 Å². The third kappa shape index (κ3) is 6.52. The number of aliphatic hydroxyl groups is 1. The van der Waals surface area contributed by atoms with Crippen LogP contribution in [0.2, 0.25) is 18.6 Å². The summed E-state index contributed by atoms with van der Waals surface area (Å²) in [4.78, 5) is 52.7. The van der Waals surface area contributed by atoms with E-state index in [1.54, 1.807) is 23.0 Å². The van der Waals surface area contributed by atoms with Crippen LogP contribution in [0.15, 0.2) is 110 Å². The molecule has 0 radical (unpaired) electrons. The molecule has 3 saturated heterocycles. The molecule has 0 saturated carbocycles. The number of piperidine rings is 1. The lowest BCUT2D eigenvalue weighted by Crippen LogP contribution is -2.55. The lowest BCUT2D eigenvalue weighted by Gasteiger charge is -2.39. The number of benzene rings is 4. The van der Waals surface area contributed by atoms with Crippen molar-refractivity contribution in [2.45, 2.75) is 81.1 Å². The van der Waals surface area contributed by atoms with Gasteiger partial charge in [-0.15, -0.1) is 6.58 Å². The van der Waals surface area contributed by atoms with Gasteiger partial charge >= 0.3 is 0 Å². The van der Waals surface area contributed by atoms with Crippen LogP contribution in [0.5, 0.6) is 5.75 Å². The van der Waals surface area contributed by atoms with Crippen molar-refractivity contribution in [2.24, 2.45) is 5.92 Å². The molecule has 0 aliphatic carbocycles. The molecule has 4 aromatic carbocycles. The number of fused-ring (bicyclic) bond motifs is 3. The number of carbonyl (C=O) groups is 3. The zero-order chi connectivity index (χ0) is 42.7. The Labute approximate surface area is 359 Å². The first-order valence-corrected chi connectivity index (χ1v) is 24.8. The number of amides is 3. The summed E-state index contributed by atoms with van der Waals surface area (Å²) >= 11 is 0. The second-order valence-electron chi connectivity index (χ2n) is 18.0. The molecular weight excluding hydrogens is 783 g/mol. The van der Waals surface area contributed by atoms with Crippen LogP contribution >= 0.6 is 0 Å². The van der Waals surface area contributed by atoms with Crippen molar-refractivity contribution in [1.82, 2.24) is 10.2 Å². The molecule has 2 spiro atoms. The molecule has 5 aliphatic rings. The molecule has 0 aromatic heterocycles. The zero-order valence-corrected chi connectivity index (χ0v) is 36.7. The van der Waals surface area contributed by atoms with Gasteiger partial charge in [0.1, 0.15) is 11.3 Å². The van der Waals surface area contributed by atoms with E-state index in [9.17, 15) is 14.7 Å². The van der Waals surface area contributed by atoms with Gasteiger partial charge < -0.3 is 34.6 Å². The van der Waals surface area contributed by atoms with Crippen molar-refractivity contribution in [3.63, 3.8) is 0 Å². The van der Waals surface area contributed by atoms with E-state index in [2.05, 4.69) is 67.1 Å². The van der Waals surface area contributed by atoms with Gasteiger partial charge in [-0.3, -0.25) is 19.3 Å². The first kappa shape index (κ1) is 41.1. The van der Waals surface area contributed by atoms with Crippen LogP contribution in [0, 0.1) is 5.92 Å². The molecule has 5 aliphatic heterocycles. The van der Waals surface area contributed by atoms with E-state index in [-0.39, 0.29) is 54.8 Å². The maximum absolute atomic E-state index is 15.4. The number of carbonyl (C=O) groups excluding carboxylic acids is 3. The summed E-state index contributed by atoms with van der Waals surface area (Å²) in [6, 6.07) is 32.0. The van der Waals surface area contributed by atoms with Crippen LogP contribution in [-0.4, -0.2) is 93.5 Å². The van der Waals surface area contributed by atoms with Gasteiger partial charge in [0.05, 0.1) is 52.7 Å². The number of hydrogen-bond donors (Lipinski definition) is 2. The third-order valence-corrected chi connectivity index (χ3v) is 19.0. The second kappa shape index (κ2) is 15.9. The fourth-order valence-corrected chi connectivity index (χ4v) is 15.5. The lowest BCUT2D eigenvalue weighted by molar-refractivity contribution is -0.150. The molecule has 4 aromatic rings. The van der Waals surface area contributed by atoms with Gasteiger partial charge in [0.15, 0.2) is 5.60 Å². The molecular formula is C49H57N5O6Si. The first-order valence-electron chi connectivity index (χ1n) is 21.7. The Morgan fingerprint density at radius 1 is 0.951 bits per heavy atom. The molecule has 11 nitrogen and oxygen atoms in total. The van der Waals surface area contributed by atoms with E-state index in [1.165, 1.54) is 5.19 Å². The normalized spacial score (nSPS) is 25.7. The molecule has 3 fully saturated rings. The van der Waals surface area contributed by atoms with E-state index in [0.717, 1.165) is 41.3 Å². The predicted octanol–water partition coefficient (Wildman–Crippen LogP) is 5.71. The van der Waals surface area contributed by atoms with Gasteiger partial charge in [-0.25, -0.2) is 0 Å². The Kier molecular flexibility index (Phi) is 10.7. The number of rotatable bonds is 10. The number of hydrogen-bond acceptors (Lipinski definition) is 8. The van der Waals surface area contributed by atoms with Gasteiger partial charge in [0.25, 0.3) is 11.8 Å². The highest BCUT2D eigenvalue weighted by Crippen LogP contribution is 2.60. The number of nitrogens with zero attached hydrogens (tertiary/aromatic N) is 4. The SMILES string of the molecule is C=CCN1C(=O)[C@@]2(O[C@@H](CC(=O)N3Cc4ccccc4C[C@H]3CO)[C@H]([Si](C)(C)c3ccc(OC)cc3)[C@H]2C)c2cc(N3CN(c4ccccc4)C4(CCNCC4)C3=O)ccc21. The molecule has 9 rings (SSSR count). The zero-order valence-electron chi connectivity index (χ0n) is 35.7. The first-order chi connectivity index (χ1) is 29.5. The van der Waals surface area contributed by atoms with Crippen LogP contribution in [0.4, 0.5) is 17.1 Å². The Morgan fingerprint density at radius 2 is 1.66 bits per heavy atom. The topological polar surface area (TPSA) is 115 Å². The van der Waals surface area contributed by atoms with Crippen LogP contribution in [-0.2, 0) is 37.7 Å². The average Bonchev–Trinajstić information content (AvgIpc) is 3.83. The van der Waals surface area contributed by atoms with Gasteiger partial charge in [-0.1, -0.05) is 85.9 Å². The quantitative estimate of drug-likeness (QED) is 0.154. The van der Waals surface area contributed by atoms with E-state index >= 15 is 4.79 Å². The highest BCUT2D eigenvalue weighted by molar-refractivity contribution is 6.91. The van der Waals surface area contributed by atoms with Crippen molar-refractivity contribution in [2.75, 3.05) is 54.7 Å². The Bertz CT molecular complexity index is 2330. The van der Waals surface area contributed by atoms with Gasteiger partial charge in [0.2, 0.25) is 5.91 Å². The van der Waals surface area contributed by atoms with Crippen LogP contribution in [0.3, 0.4) is 0 Å². The number of ether oxygens (including phenoxy) is 2. The summed E-state index contributed by atoms with van der Waals surface area (Å²) in [6.45, 7) is 13.1. The van der Waals surface area contributed by atoms with Crippen molar-refractivity contribution in [1.29, 1.82) is 0 Å². The Morgan fingerprint density at radius 3 is 2.34 bits per heavy atom. The molecule has 0 bridgehead atoms. The minimum atomic E-state index is -2.58. The van der Waals surface area contributed by atoms with Crippen molar-refractivity contribution in [3.8, 4) is 5.75 Å². The smallest absolute Gasteiger partial charge is 0.264 e. The number of methoxy groups -OCH3 is 1. The fraction of sp³-hybridized carbons (Fsp3) is 0.408. The molecule has 318 valence electrons. The summed E-state index contributed by atoms with van der Waals surface area (Å²) in [6.07, 6.45) is 3.10. The summed E-state index contributed by atoms with van der Waals surface area (Å²) in [5.41, 5.74) is 3.06. The van der Waals surface area contributed by atoms with Crippen molar-refractivity contribution < 1.29 is 29.0 Å². The summed E-state index contributed by atoms with van der Waals surface area (Å²) in [5.74, 6) is 0.169. The predicted molar refractivity (Wildman–Crippen MR) is 241 cm³/mol. The molecule has 3 amide bonds. The molecule has 0 unspecified atom stereocenters. The molecule has 2 N–H and O–H groups in total. The van der Waals surface area contributed by atoms with Gasteiger partial charge in [0, 0.05) is 35.9 Å². The highest BCUT2D eigenvalue weighted by atomic mass is 28.3. The number of para-hydroxylation sites is 1. The van der Waals surface area contributed by atoms with Crippen LogP contribution < -0.4 is 29.9 Å². The summed E-state index contributed by atoms with van der Waals surface area (Å²) in [5, 5.41) is 15.2. The molecule has 5 heterocycles. The molecule has 12 heteroatoms. The second-order valence-corrected chi connectivity index (χ2v) is 22.7. The molecule has 5 atom stereocenters. The number of nitrogens with one attached hydrogen (secondary N) is 1. The largest absolute Gasteiger partial charge is 0.497 e. The minimum Gasteiger partial charge on any atom is -0.497 e. The fourth-order valence-electron chi connectivity index (χ4n) is 11.5.